The third kappa shape index (κ3) is 2.99. The van der Waals surface area contributed by atoms with E-state index in [4.69, 9.17) is 23.2 Å². The number of pyridine rings is 1. The Bertz CT molecular complexity index is 833. The summed E-state index contributed by atoms with van der Waals surface area (Å²) in [5, 5.41) is 4.59. The number of nitrogens with one attached hydrogen (secondary N) is 1. The van der Waals surface area contributed by atoms with Crippen molar-refractivity contribution in [3.63, 3.8) is 0 Å². The van der Waals surface area contributed by atoms with E-state index in [1.54, 1.807) is 30.5 Å². The molecular formula is C16H10Cl2N2O. The zero-order valence-electron chi connectivity index (χ0n) is 10.8. The Morgan fingerprint density at radius 1 is 1.05 bits per heavy atom. The van der Waals surface area contributed by atoms with E-state index < -0.39 is 0 Å². The van der Waals surface area contributed by atoms with Crippen LogP contribution in [0.15, 0.2) is 54.7 Å². The van der Waals surface area contributed by atoms with Crippen molar-refractivity contribution < 1.29 is 4.79 Å². The number of halogens is 2. The molecule has 0 saturated carbocycles. The Balaban J connectivity index is 1.89. The molecule has 1 amide bonds. The highest BCUT2D eigenvalue weighted by atomic mass is 35.5. The zero-order valence-corrected chi connectivity index (χ0v) is 12.3. The second kappa shape index (κ2) is 5.72. The minimum absolute atomic E-state index is 0.278. The first-order valence-electron chi connectivity index (χ1n) is 6.25. The van der Waals surface area contributed by atoms with Gasteiger partial charge in [0.1, 0.15) is 0 Å². The van der Waals surface area contributed by atoms with Gasteiger partial charge in [0.25, 0.3) is 5.91 Å². The van der Waals surface area contributed by atoms with Crippen molar-refractivity contribution in [3.8, 4) is 0 Å². The highest BCUT2D eigenvalue weighted by Gasteiger charge is 2.11. The van der Waals surface area contributed by atoms with Gasteiger partial charge in [0.05, 0.1) is 16.1 Å². The molecule has 21 heavy (non-hydrogen) atoms. The number of anilines is 1. The van der Waals surface area contributed by atoms with Crippen molar-refractivity contribution in [3.05, 3.63) is 70.3 Å². The van der Waals surface area contributed by atoms with Crippen LogP contribution in [0.2, 0.25) is 10.0 Å². The van der Waals surface area contributed by atoms with Gasteiger partial charge in [-0.1, -0.05) is 29.3 Å². The average Bonchev–Trinajstić information content (AvgIpc) is 2.47. The van der Waals surface area contributed by atoms with Crippen LogP contribution in [-0.2, 0) is 0 Å². The van der Waals surface area contributed by atoms with Gasteiger partial charge in [-0.05, 0) is 42.5 Å². The van der Waals surface area contributed by atoms with Gasteiger partial charge in [-0.2, -0.15) is 0 Å². The van der Waals surface area contributed by atoms with E-state index in [0.29, 0.717) is 21.3 Å². The maximum Gasteiger partial charge on any atom is 0.257 e. The van der Waals surface area contributed by atoms with Gasteiger partial charge in [-0.3, -0.25) is 9.78 Å². The first kappa shape index (κ1) is 13.9. The minimum Gasteiger partial charge on any atom is -0.322 e. The predicted octanol–water partition coefficient (Wildman–Crippen LogP) is 4.79. The molecule has 0 unspecified atom stereocenters. The molecule has 1 aromatic heterocycles. The topological polar surface area (TPSA) is 42.0 Å². The summed E-state index contributed by atoms with van der Waals surface area (Å²) in [6.45, 7) is 0. The van der Waals surface area contributed by atoms with Crippen LogP contribution in [0.3, 0.4) is 0 Å². The SMILES string of the molecule is O=C(Nc1ccc2ncccc2c1)c1ccc(Cl)cc1Cl. The van der Waals surface area contributed by atoms with E-state index in [2.05, 4.69) is 10.3 Å². The summed E-state index contributed by atoms with van der Waals surface area (Å²) in [5.74, 6) is -0.278. The third-order valence-corrected chi connectivity index (χ3v) is 3.58. The van der Waals surface area contributed by atoms with Crippen molar-refractivity contribution in [2.75, 3.05) is 5.32 Å². The standard InChI is InChI=1S/C16H10Cl2N2O/c17-11-3-5-13(14(18)9-11)16(21)20-12-4-6-15-10(8-12)2-1-7-19-15/h1-9H,(H,20,21). The molecule has 1 heterocycles. The van der Waals surface area contributed by atoms with E-state index in [1.165, 1.54) is 0 Å². The normalized spacial score (nSPS) is 10.6. The molecule has 0 atom stereocenters. The second-order valence-corrected chi connectivity index (χ2v) is 5.33. The lowest BCUT2D eigenvalue weighted by Crippen LogP contribution is -2.12. The van der Waals surface area contributed by atoms with Crippen LogP contribution in [0.5, 0.6) is 0 Å². The van der Waals surface area contributed by atoms with Crippen LogP contribution in [0, 0.1) is 0 Å². The zero-order chi connectivity index (χ0) is 14.8. The minimum atomic E-state index is -0.278. The maximum atomic E-state index is 12.2. The van der Waals surface area contributed by atoms with Crippen LogP contribution in [-0.4, -0.2) is 10.9 Å². The van der Waals surface area contributed by atoms with Crippen molar-refractivity contribution >= 4 is 45.7 Å². The predicted molar refractivity (Wildman–Crippen MR) is 86.2 cm³/mol. The molecule has 0 saturated heterocycles. The van der Waals surface area contributed by atoms with Crippen LogP contribution in [0.1, 0.15) is 10.4 Å². The van der Waals surface area contributed by atoms with Crippen molar-refractivity contribution in [2.45, 2.75) is 0 Å². The van der Waals surface area contributed by atoms with Crippen LogP contribution >= 0.6 is 23.2 Å². The summed E-state index contributed by atoms with van der Waals surface area (Å²) in [6, 6.07) is 14.1. The first-order chi connectivity index (χ1) is 10.1. The molecule has 0 radical (unpaired) electrons. The molecule has 1 N–H and O–H groups in total. The Labute approximate surface area is 131 Å². The van der Waals surface area contributed by atoms with E-state index >= 15 is 0 Å². The van der Waals surface area contributed by atoms with E-state index in [9.17, 15) is 4.79 Å². The Kier molecular flexibility index (Phi) is 3.78. The number of rotatable bonds is 2. The largest absolute Gasteiger partial charge is 0.322 e. The Morgan fingerprint density at radius 2 is 1.90 bits per heavy atom. The van der Waals surface area contributed by atoms with Gasteiger partial charge in [-0.15, -0.1) is 0 Å². The van der Waals surface area contributed by atoms with Gasteiger partial charge < -0.3 is 5.32 Å². The molecular weight excluding hydrogens is 307 g/mol. The summed E-state index contributed by atoms with van der Waals surface area (Å²) in [6.07, 6.45) is 1.73. The number of hydrogen-bond donors (Lipinski definition) is 1. The first-order valence-corrected chi connectivity index (χ1v) is 7.00. The summed E-state index contributed by atoms with van der Waals surface area (Å²) >= 11 is 11.9. The number of aromatic nitrogens is 1. The lowest BCUT2D eigenvalue weighted by atomic mass is 10.1. The molecule has 2 aromatic carbocycles. The quantitative estimate of drug-likeness (QED) is 0.738. The van der Waals surface area contributed by atoms with E-state index in [1.807, 2.05) is 24.3 Å². The molecule has 0 bridgehead atoms. The van der Waals surface area contributed by atoms with Crippen molar-refractivity contribution in [1.82, 2.24) is 4.98 Å². The van der Waals surface area contributed by atoms with Crippen LogP contribution < -0.4 is 5.32 Å². The number of amides is 1. The Hall–Kier alpha value is -2.10. The monoisotopic (exact) mass is 316 g/mol. The molecule has 0 aliphatic rings. The molecule has 5 heteroatoms. The van der Waals surface area contributed by atoms with Gasteiger partial charge >= 0.3 is 0 Å². The maximum absolute atomic E-state index is 12.2. The molecule has 3 nitrogen and oxygen atoms in total. The molecule has 3 rings (SSSR count). The number of carbonyl (C=O) groups is 1. The summed E-state index contributed by atoms with van der Waals surface area (Å²) in [4.78, 5) is 16.5. The van der Waals surface area contributed by atoms with E-state index in [-0.39, 0.29) is 5.91 Å². The summed E-state index contributed by atoms with van der Waals surface area (Å²) in [7, 11) is 0. The molecule has 0 spiro atoms. The fourth-order valence-corrected chi connectivity index (χ4v) is 2.52. The molecule has 0 aliphatic carbocycles. The highest BCUT2D eigenvalue weighted by Crippen LogP contribution is 2.23. The van der Waals surface area contributed by atoms with Gasteiger partial charge in [0, 0.05) is 22.3 Å². The lowest BCUT2D eigenvalue weighted by molar-refractivity contribution is 0.102. The van der Waals surface area contributed by atoms with Gasteiger partial charge in [-0.25, -0.2) is 0 Å². The fraction of sp³-hybridized carbons (Fsp3) is 0. The number of fused-ring (bicyclic) bond motifs is 1. The van der Waals surface area contributed by atoms with Crippen LogP contribution in [0.4, 0.5) is 5.69 Å². The molecule has 0 aliphatic heterocycles. The lowest BCUT2D eigenvalue weighted by Gasteiger charge is -2.08. The molecule has 0 fully saturated rings. The molecule has 104 valence electrons. The number of benzene rings is 2. The summed E-state index contributed by atoms with van der Waals surface area (Å²) < 4.78 is 0. The average molecular weight is 317 g/mol. The van der Waals surface area contributed by atoms with Crippen LogP contribution in [0.25, 0.3) is 10.9 Å². The number of carbonyl (C=O) groups excluding carboxylic acids is 1. The van der Waals surface area contributed by atoms with Crippen molar-refractivity contribution in [1.29, 1.82) is 0 Å². The fourth-order valence-electron chi connectivity index (χ4n) is 2.03. The van der Waals surface area contributed by atoms with E-state index in [0.717, 1.165) is 10.9 Å². The van der Waals surface area contributed by atoms with Gasteiger partial charge in [0.2, 0.25) is 0 Å². The third-order valence-electron chi connectivity index (χ3n) is 3.04. The molecule has 3 aromatic rings. The van der Waals surface area contributed by atoms with Gasteiger partial charge in [0.15, 0.2) is 0 Å². The number of nitrogens with zero attached hydrogens (tertiary/aromatic N) is 1. The second-order valence-electron chi connectivity index (χ2n) is 4.49. The summed E-state index contributed by atoms with van der Waals surface area (Å²) in [5.41, 5.74) is 1.94. The number of hydrogen-bond acceptors (Lipinski definition) is 2. The highest BCUT2D eigenvalue weighted by molar-refractivity contribution is 6.37. The Morgan fingerprint density at radius 3 is 2.71 bits per heavy atom. The van der Waals surface area contributed by atoms with Crippen molar-refractivity contribution in [2.24, 2.45) is 0 Å². The smallest absolute Gasteiger partial charge is 0.257 e.